The van der Waals surface area contributed by atoms with Crippen LogP contribution in [-0.2, 0) is 16.1 Å². The summed E-state index contributed by atoms with van der Waals surface area (Å²) >= 11 is 6.13. The quantitative estimate of drug-likeness (QED) is 0.940. The SMILES string of the molecule is O=C(O)[C@H]1CC(=O)N(Cc2ccc(-c3ccccc3Cl)o2)C1. The fourth-order valence-corrected chi connectivity index (χ4v) is 2.78. The zero-order valence-electron chi connectivity index (χ0n) is 11.7. The molecule has 0 radical (unpaired) electrons. The number of benzene rings is 1. The molecule has 1 amide bonds. The van der Waals surface area contributed by atoms with Gasteiger partial charge in [-0.3, -0.25) is 9.59 Å². The molecule has 1 aromatic heterocycles. The van der Waals surface area contributed by atoms with Gasteiger partial charge in [-0.15, -0.1) is 0 Å². The van der Waals surface area contributed by atoms with Gasteiger partial charge in [0.2, 0.25) is 5.91 Å². The number of hydrogen-bond acceptors (Lipinski definition) is 3. The van der Waals surface area contributed by atoms with Gasteiger partial charge in [-0.05, 0) is 24.3 Å². The van der Waals surface area contributed by atoms with Gasteiger partial charge in [0.05, 0.1) is 17.5 Å². The largest absolute Gasteiger partial charge is 0.481 e. The highest BCUT2D eigenvalue weighted by atomic mass is 35.5. The van der Waals surface area contributed by atoms with Crippen LogP contribution in [0.5, 0.6) is 0 Å². The third kappa shape index (κ3) is 2.85. The summed E-state index contributed by atoms with van der Waals surface area (Å²) in [6.07, 6.45) is 0.0490. The number of rotatable bonds is 4. The summed E-state index contributed by atoms with van der Waals surface area (Å²) in [5.41, 5.74) is 0.784. The van der Waals surface area contributed by atoms with Gasteiger partial charge in [0.1, 0.15) is 11.5 Å². The first-order valence-corrected chi connectivity index (χ1v) is 7.26. The Labute approximate surface area is 132 Å². The number of halogens is 1. The van der Waals surface area contributed by atoms with E-state index in [0.29, 0.717) is 16.5 Å². The summed E-state index contributed by atoms with van der Waals surface area (Å²) in [5.74, 6) is -0.503. The number of carbonyl (C=O) groups excluding carboxylic acids is 1. The van der Waals surface area contributed by atoms with Crippen molar-refractivity contribution in [2.75, 3.05) is 6.54 Å². The lowest BCUT2D eigenvalue weighted by atomic mass is 10.1. The van der Waals surface area contributed by atoms with Crippen molar-refractivity contribution in [3.05, 3.63) is 47.2 Å². The lowest BCUT2D eigenvalue weighted by Crippen LogP contribution is -2.25. The van der Waals surface area contributed by atoms with Crippen LogP contribution in [0.15, 0.2) is 40.8 Å². The van der Waals surface area contributed by atoms with Gasteiger partial charge in [0, 0.05) is 18.5 Å². The molecule has 2 heterocycles. The molecule has 6 heteroatoms. The van der Waals surface area contributed by atoms with E-state index in [1.807, 2.05) is 18.2 Å². The van der Waals surface area contributed by atoms with Gasteiger partial charge in [0.25, 0.3) is 0 Å². The predicted molar refractivity (Wildman–Crippen MR) is 80.3 cm³/mol. The van der Waals surface area contributed by atoms with Crippen LogP contribution in [0.4, 0.5) is 0 Å². The van der Waals surface area contributed by atoms with E-state index in [1.54, 1.807) is 18.2 Å². The average Bonchev–Trinajstić information content (AvgIpc) is 3.08. The summed E-state index contributed by atoms with van der Waals surface area (Å²) in [6.45, 7) is 0.489. The van der Waals surface area contributed by atoms with Crippen LogP contribution >= 0.6 is 11.6 Å². The molecule has 0 unspecified atom stereocenters. The van der Waals surface area contributed by atoms with E-state index in [2.05, 4.69) is 0 Å². The minimum Gasteiger partial charge on any atom is -0.481 e. The third-order valence-electron chi connectivity index (χ3n) is 3.71. The summed E-state index contributed by atoms with van der Waals surface area (Å²) in [7, 11) is 0. The molecule has 1 saturated heterocycles. The Morgan fingerprint density at radius 1 is 1.32 bits per heavy atom. The topological polar surface area (TPSA) is 70.8 Å². The lowest BCUT2D eigenvalue weighted by Gasteiger charge is -2.13. The molecule has 0 saturated carbocycles. The first-order chi connectivity index (χ1) is 10.5. The maximum atomic E-state index is 11.8. The number of amides is 1. The fourth-order valence-electron chi connectivity index (χ4n) is 2.55. The van der Waals surface area contributed by atoms with Gasteiger partial charge in [-0.2, -0.15) is 0 Å². The summed E-state index contributed by atoms with van der Waals surface area (Å²) in [4.78, 5) is 24.3. The second-order valence-corrected chi connectivity index (χ2v) is 5.67. The van der Waals surface area contributed by atoms with Crippen LogP contribution in [-0.4, -0.2) is 28.4 Å². The van der Waals surface area contributed by atoms with Crippen LogP contribution in [0, 0.1) is 5.92 Å². The molecule has 1 aliphatic heterocycles. The third-order valence-corrected chi connectivity index (χ3v) is 4.04. The Hall–Kier alpha value is -2.27. The number of nitrogens with zero attached hydrogens (tertiary/aromatic N) is 1. The van der Waals surface area contributed by atoms with E-state index in [4.69, 9.17) is 21.1 Å². The van der Waals surface area contributed by atoms with E-state index >= 15 is 0 Å². The Morgan fingerprint density at radius 3 is 2.77 bits per heavy atom. The molecule has 0 bridgehead atoms. The molecule has 1 fully saturated rings. The number of hydrogen-bond donors (Lipinski definition) is 1. The summed E-state index contributed by atoms with van der Waals surface area (Å²) in [6, 6.07) is 10.9. The molecule has 1 atom stereocenters. The number of carboxylic acids is 1. The first-order valence-electron chi connectivity index (χ1n) is 6.89. The smallest absolute Gasteiger partial charge is 0.308 e. The van der Waals surface area contributed by atoms with Crippen LogP contribution in [0.1, 0.15) is 12.2 Å². The first kappa shape index (κ1) is 14.7. The van der Waals surface area contributed by atoms with Gasteiger partial charge in [-0.1, -0.05) is 23.7 Å². The summed E-state index contributed by atoms with van der Waals surface area (Å²) in [5, 5.41) is 9.57. The molecule has 1 aromatic carbocycles. The van der Waals surface area contributed by atoms with Crippen molar-refractivity contribution in [2.24, 2.45) is 5.92 Å². The molecule has 0 aliphatic carbocycles. The van der Waals surface area contributed by atoms with Crippen molar-refractivity contribution < 1.29 is 19.1 Å². The van der Waals surface area contributed by atoms with E-state index in [9.17, 15) is 9.59 Å². The highest BCUT2D eigenvalue weighted by Gasteiger charge is 2.34. The van der Waals surface area contributed by atoms with Crippen LogP contribution in [0.3, 0.4) is 0 Å². The van der Waals surface area contributed by atoms with Gasteiger partial charge < -0.3 is 14.4 Å². The van der Waals surface area contributed by atoms with E-state index in [0.717, 1.165) is 5.56 Å². The van der Waals surface area contributed by atoms with E-state index in [-0.39, 0.29) is 25.4 Å². The number of likely N-dealkylation sites (tertiary alicyclic amines) is 1. The molecule has 1 aliphatic rings. The van der Waals surface area contributed by atoms with Crippen molar-refractivity contribution in [3.63, 3.8) is 0 Å². The average molecular weight is 320 g/mol. The molecule has 1 N–H and O–H groups in total. The lowest BCUT2D eigenvalue weighted by molar-refractivity contribution is -0.141. The highest BCUT2D eigenvalue weighted by molar-refractivity contribution is 6.33. The van der Waals surface area contributed by atoms with Crippen LogP contribution in [0.25, 0.3) is 11.3 Å². The second-order valence-electron chi connectivity index (χ2n) is 5.26. The predicted octanol–water partition coefficient (Wildman–Crippen LogP) is 3.03. The minimum absolute atomic E-state index is 0.0490. The Bertz CT molecular complexity index is 724. The zero-order valence-corrected chi connectivity index (χ0v) is 12.4. The Morgan fingerprint density at radius 2 is 2.09 bits per heavy atom. The number of carbonyl (C=O) groups is 2. The zero-order chi connectivity index (χ0) is 15.7. The monoisotopic (exact) mass is 319 g/mol. The summed E-state index contributed by atoms with van der Waals surface area (Å²) < 4.78 is 5.73. The van der Waals surface area contributed by atoms with Gasteiger partial charge in [-0.25, -0.2) is 0 Å². The van der Waals surface area contributed by atoms with Crippen LogP contribution < -0.4 is 0 Å². The van der Waals surface area contributed by atoms with Gasteiger partial charge >= 0.3 is 5.97 Å². The second kappa shape index (κ2) is 5.85. The Balaban J connectivity index is 1.74. The van der Waals surface area contributed by atoms with Crippen molar-refractivity contribution in [3.8, 4) is 11.3 Å². The van der Waals surface area contributed by atoms with E-state index < -0.39 is 11.9 Å². The molecule has 2 aromatic rings. The molecule has 22 heavy (non-hydrogen) atoms. The molecule has 3 rings (SSSR count). The highest BCUT2D eigenvalue weighted by Crippen LogP contribution is 2.30. The van der Waals surface area contributed by atoms with Crippen molar-refractivity contribution in [1.82, 2.24) is 4.90 Å². The number of aliphatic carboxylic acids is 1. The standard InChI is InChI=1S/C16H14ClNO4/c17-13-4-2-1-3-12(13)14-6-5-11(22-14)9-18-8-10(16(20)21)7-15(18)19/h1-6,10H,7-9H2,(H,20,21)/t10-/m0/s1. The molecule has 5 nitrogen and oxygen atoms in total. The van der Waals surface area contributed by atoms with Gasteiger partial charge in [0.15, 0.2) is 0 Å². The Kier molecular flexibility index (Phi) is 3.90. The fraction of sp³-hybridized carbons (Fsp3) is 0.250. The number of furan rings is 1. The molecular weight excluding hydrogens is 306 g/mol. The molecular formula is C16H14ClNO4. The van der Waals surface area contributed by atoms with Crippen molar-refractivity contribution in [1.29, 1.82) is 0 Å². The maximum absolute atomic E-state index is 11.8. The molecule has 0 spiro atoms. The molecule has 114 valence electrons. The van der Waals surface area contributed by atoms with Crippen molar-refractivity contribution >= 4 is 23.5 Å². The number of carboxylic acid groups (broad SMARTS) is 1. The minimum atomic E-state index is -0.938. The van der Waals surface area contributed by atoms with Crippen LogP contribution in [0.2, 0.25) is 5.02 Å². The van der Waals surface area contributed by atoms with Crippen molar-refractivity contribution in [2.45, 2.75) is 13.0 Å². The maximum Gasteiger partial charge on any atom is 0.308 e. The normalized spacial score (nSPS) is 18.0. The van der Waals surface area contributed by atoms with E-state index in [1.165, 1.54) is 4.90 Å².